The van der Waals surface area contributed by atoms with Crippen molar-refractivity contribution in [3.63, 3.8) is 0 Å². The molecular formula is C14H12Br2OS. The van der Waals surface area contributed by atoms with Gasteiger partial charge < -0.3 is 0 Å². The second-order valence-electron chi connectivity index (χ2n) is 4.26. The van der Waals surface area contributed by atoms with E-state index < -0.39 is 0 Å². The van der Waals surface area contributed by atoms with Crippen LogP contribution in [0.1, 0.15) is 31.2 Å². The van der Waals surface area contributed by atoms with Crippen LogP contribution in [0.15, 0.2) is 27.1 Å². The predicted molar refractivity (Wildman–Crippen MR) is 83.8 cm³/mol. The smallest absolute Gasteiger partial charge is 0.204 e. The molecule has 0 unspecified atom stereocenters. The highest BCUT2D eigenvalue weighted by Crippen LogP contribution is 2.30. The summed E-state index contributed by atoms with van der Waals surface area (Å²) < 4.78 is 1.80. The third-order valence-electron chi connectivity index (χ3n) is 2.88. The number of benzene rings is 1. The van der Waals surface area contributed by atoms with Gasteiger partial charge in [-0.25, -0.2) is 0 Å². The van der Waals surface area contributed by atoms with Gasteiger partial charge in [-0.15, -0.1) is 11.3 Å². The zero-order chi connectivity index (χ0) is 13.4. The highest BCUT2D eigenvalue weighted by Gasteiger charge is 2.16. The van der Waals surface area contributed by atoms with Crippen molar-refractivity contribution in [2.24, 2.45) is 0 Å². The highest BCUT2D eigenvalue weighted by molar-refractivity contribution is 9.11. The fourth-order valence-electron chi connectivity index (χ4n) is 1.64. The molecule has 2 aromatic rings. The minimum Gasteiger partial charge on any atom is -0.288 e. The molecular weight excluding hydrogens is 376 g/mol. The maximum atomic E-state index is 12.5. The Hall–Kier alpha value is -0.450. The van der Waals surface area contributed by atoms with Crippen LogP contribution >= 0.6 is 43.2 Å². The lowest BCUT2D eigenvalue weighted by Crippen LogP contribution is -2.00. The van der Waals surface area contributed by atoms with Crippen molar-refractivity contribution in [2.75, 3.05) is 0 Å². The van der Waals surface area contributed by atoms with E-state index in [9.17, 15) is 4.79 Å². The van der Waals surface area contributed by atoms with E-state index in [0.717, 1.165) is 19.4 Å². The Morgan fingerprint density at radius 2 is 1.67 bits per heavy atom. The number of carbonyl (C=O) groups is 1. The minimum atomic E-state index is 0.0729. The number of ketones is 1. The maximum absolute atomic E-state index is 12.5. The second-order valence-corrected chi connectivity index (χ2v) is 7.23. The van der Waals surface area contributed by atoms with E-state index in [4.69, 9.17) is 0 Å². The van der Waals surface area contributed by atoms with Crippen molar-refractivity contribution in [1.29, 1.82) is 0 Å². The highest BCUT2D eigenvalue weighted by atomic mass is 79.9. The molecule has 1 aromatic carbocycles. The fourth-order valence-corrected chi connectivity index (χ4v) is 3.61. The van der Waals surface area contributed by atoms with E-state index in [2.05, 4.69) is 31.9 Å². The van der Waals surface area contributed by atoms with E-state index in [-0.39, 0.29) is 5.78 Å². The quantitative estimate of drug-likeness (QED) is 0.628. The molecule has 0 saturated heterocycles. The fraction of sp³-hybridized carbons (Fsp3) is 0.214. The third-order valence-corrected chi connectivity index (χ3v) is 5.54. The van der Waals surface area contributed by atoms with Gasteiger partial charge in [0.05, 0.1) is 4.88 Å². The van der Waals surface area contributed by atoms with Crippen molar-refractivity contribution >= 4 is 49.0 Å². The number of hydrogen-bond acceptors (Lipinski definition) is 2. The van der Waals surface area contributed by atoms with Crippen LogP contribution in [-0.4, -0.2) is 5.78 Å². The number of hydrogen-bond donors (Lipinski definition) is 0. The predicted octanol–water partition coefficient (Wildman–Crippen LogP) is 5.43. The maximum Gasteiger partial charge on any atom is 0.204 e. The Balaban J connectivity index is 2.49. The van der Waals surface area contributed by atoms with Crippen LogP contribution in [-0.2, 0) is 0 Å². The topological polar surface area (TPSA) is 17.1 Å². The molecule has 94 valence electrons. The van der Waals surface area contributed by atoms with Gasteiger partial charge in [-0.3, -0.25) is 4.79 Å². The molecule has 4 heteroatoms. The van der Waals surface area contributed by atoms with Gasteiger partial charge in [0.25, 0.3) is 0 Å². The van der Waals surface area contributed by atoms with Gasteiger partial charge in [-0.2, -0.15) is 0 Å². The summed E-state index contributed by atoms with van der Waals surface area (Å²) in [7, 11) is 0. The van der Waals surface area contributed by atoms with Crippen molar-refractivity contribution in [3.05, 3.63) is 53.6 Å². The van der Waals surface area contributed by atoms with Gasteiger partial charge in [0.2, 0.25) is 5.78 Å². The molecule has 1 nitrogen and oxygen atoms in total. The molecule has 0 saturated carbocycles. The SMILES string of the molecule is Cc1cc(Br)c(C(=O)c2cc(C)c(C)s2)cc1Br. The normalized spacial score (nSPS) is 10.7. The molecule has 0 fully saturated rings. The molecule has 0 aliphatic carbocycles. The molecule has 1 heterocycles. The number of aryl methyl sites for hydroxylation is 3. The van der Waals surface area contributed by atoms with Gasteiger partial charge in [0, 0.05) is 19.4 Å². The Morgan fingerprint density at radius 1 is 1.00 bits per heavy atom. The summed E-state index contributed by atoms with van der Waals surface area (Å²) in [6, 6.07) is 5.80. The molecule has 0 N–H and O–H groups in total. The first-order valence-electron chi connectivity index (χ1n) is 5.47. The summed E-state index contributed by atoms with van der Waals surface area (Å²) in [6.07, 6.45) is 0. The van der Waals surface area contributed by atoms with Gasteiger partial charge in [0.15, 0.2) is 0 Å². The van der Waals surface area contributed by atoms with Crippen molar-refractivity contribution in [2.45, 2.75) is 20.8 Å². The zero-order valence-corrected chi connectivity index (χ0v) is 14.3. The van der Waals surface area contributed by atoms with Crippen LogP contribution in [0.25, 0.3) is 0 Å². The molecule has 0 radical (unpaired) electrons. The molecule has 1 aromatic heterocycles. The van der Waals surface area contributed by atoms with E-state index >= 15 is 0 Å². The van der Waals surface area contributed by atoms with E-state index in [1.807, 2.05) is 39.0 Å². The van der Waals surface area contributed by atoms with Crippen molar-refractivity contribution in [3.8, 4) is 0 Å². The monoisotopic (exact) mass is 386 g/mol. The summed E-state index contributed by atoms with van der Waals surface area (Å²) in [5.74, 6) is 0.0729. The minimum absolute atomic E-state index is 0.0729. The van der Waals surface area contributed by atoms with Crippen LogP contribution < -0.4 is 0 Å². The van der Waals surface area contributed by atoms with E-state index in [0.29, 0.717) is 5.56 Å². The molecule has 0 atom stereocenters. The first-order valence-corrected chi connectivity index (χ1v) is 7.87. The Bertz CT molecular complexity index is 609. The lowest BCUT2D eigenvalue weighted by molar-refractivity contribution is 0.104. The third kappa shape index (κ3) is 2.60. The molecule has 0 amide bonds. The average Bonchev–Trinajstić information content (AvgIpc) is 2.63. The van der Waals surface area contributed by atoms with Gasteiger partial charge in [-0.1, -0.05) is 31.9 Å². The lowest BCUT2D eigenvalue weighted by Gasteiger charge is -2.05. The van der Waals surface area contributed by atoms with Gasteiger partial charge in [0.1, 0.15) is 0 Å². The average molecular weight is 388 g/mol. The summed E-state index contributed by atoms with van der Waals surface area (Å²) in [6.45, 7) is 6.07. The van der Waals surface area contributed by atoms with Crippen LogP contribution in [0, 0.1) is 20.8 Å². The van der Waals surface area contributed by atoms with Crippen LogP contribution in [0.5, 0.6) is 0 Å². The lowest BCUT2D eigenvalue weighted by atomic mass is 10.1. The molecule has 2 rings (SSSR count). The first kappa shape index (κ1) is 14.0. The number of halogens is 2. The second kappa shape index (κ2) is 5.27. The Labute approximate surface area is 127 Å². The summed E-state index contributed by atoms with van der Waals surface area (Å²) >= 11 is 8.49. The van der Waals surface area contributed by atoms with Crippen molar-refractivity contribution in [1.82, 2.24) is 0 Å². The molecule has 18 heavy (non-hydrogen) atoms. The van der Waals surface area contributed by atoms with E-state index in [1.54, 1.807) is 11.3 Å². The summed E-state index contributed by atoms with van der Waals surface area (Å²) in [4.78, 5) is 14.4. The molecule has 0 spiro atoms. The van der Waals surface area contributed by atoms with E-state index in [1.165, 1.54) is 10.4 Å². The van der Waals surface area contributed by atoms with Crippen LogP contribution in [0.4, 0.5) is 0 Å². The number of rotatable bonds is 2. The Kier molecular flexibility index (Phi) is 4.09. The number of thiophene rings is 1. The standard InChI is InChI=1S/C14H12Br2OS/c1-7-5-13(18-9(7)3)14(17)10-6-11(15)8(2)4-12(10)16/h4-6H,1-3H3. The zero-order valence-electron chi connectivity index (χ0n) is 10.3. The number of carbonyl (C=O) groups excluding carboxylic acids is 1. The van der Waals surface area contributed by atoms with Gasteiger partial charge in [-0.05, 0) is 50.1 Å². The Morgan fingerprint density at radius 3 is 2.22 bits per heavy atom. The largest absolute Gasteiger partial charge is 0.288 e. The van der Waals surface area contributed by atoms with Gasteiger partial charge >= 0.3 is 0 Å². The van der Waals surface area contributed by atoms with Crippen molar-refractivity contribution < 1.29 is 4.79 Å². The van der Waals surface area contributed by atoms with Crippen LogP contribution in [0.2, 0.25) is 0 Å². The summed E-state index contributed by atoms with van der Waals surface area (Å²) in [5.41, 5.74) is 2.98. The molecule has 0 aliphatic rings. The van der Waals surface area contributed by atoms with Crippen LogP contribution in [0.3, 0.4) is 0 Å². The first-order chi connectivity index (χ1) is 8.40. The summed E-state index contributed by atoms with van der Waals surface area (Å²) in [5, 5.41) is 0. The molecule has 0 bridgehead atoms. The molecule has 0 aliphatic heterocycles.